The number of nitrogens with one attached hydrogen (secondary N) is 1. The fourth-order valence-corrected chi connectivity index (χ4v) is 2.45. The lowest BCUT2D eigenvalue weighted by molar-refractivity contribution is 0.616. The van der Waals surface area contributed by atoms with E-state index in [0.29, 0.717) is 0 Å². The van der Waals surface area contributed by atoms with Crippen molar-refractivity contribution >= 4 is 5.69 Å². The number of anilines is 1. The maximum Gasteiger partial charge on any atom is 0.123 e. The Bertz CT molecular complexity index is 563. The van der Waals surface area contributed by atoms with Gasteiger partial charge in [0.15, 0.2) is 0 Å². The number of halogens is 2. The van der Waals surface area contributed by atoms with Crippen LogP contribution >= 0.6 is 0 Å². The van der Waals surface area contributed by atoms with Gasteiger partial charge in [-0.2, -0.15) is 0 Å². The fraction of sp³-hybridized carbons (Fsp3) is 0.200. The minimum atomic E-state index is -0.228. The number of hydrogen-bond acceptors (Lipinski definition) is 1. The second-order valence-corrected chi connectivity index (χ2v) is 4.63. The average Bonchev–Trinajstić information content (AvgIpc) is 2.38. The highest BCUT2D eigenvalue weighted by atomic mass is 19.1. The normalized spacial score (nSPS) is 18.0. The number of benzene rings is 2. The molecule has 0 bridgehead atoms. The lowest BCUT2D eigenvalue weighted by Crippen LogP contribution is -2.21. The van der Waals surface area contributed by atoms with Gasteiger partial charge in [-0.3, -0.25) is 0 Å². The van der Waals surface area contributed by atoms with Crippen LogP contribution in [0, 0.1) is 11.6 Å². The molecule has 0 saturated heterocycles. The monoisotopic (exact) mass is 245 g/mol. The summed E-state index contributed by atoms with van der Waals surface area (Å²) in [6.07, 6.45) is 0.783. The molecule has 0 saturated carbocycles. The smallest absolute Gasteiger partial charge is 0.123 e. The molecule has 0 aromatic heterocycles. The number of fused-ring (bicyclic) bond motifs is 1. The van der Waals surface area contributed by atoms with Gasteiger partial charge in [0.05, 0.1) is 0 Å². The summed E-state index contributed by atoms with van der Waals surface area (Å²) in [6, 6.07) is 11.3. The first-order valence-electron chi connectivity index (χ1n) is 6.00. The standard InChI is InChI=1S/C15H13F2N/c16-13-3-1-10(2-4-13)12-7-11-8-14(17)5-6-15(11)18-9-12/h1-6,8,12,18H,7,9H2. The van der Waals surface area contributed by atoms with Crippen LogP contribution in [-0.2, 0) is 6.42 Å². The van der Waals surface area contributed by atoms with Crippen LogP contribution in [-0.4, -0.2) is 6.54 Å². The lowest BCUT2D eigenvalue weighted by atomic mass is 9.88. The molecule has 1 heterocycles. The van der Waals surface area contributed by atoms with Crippen molar-refractivity contribution in [2.75, 3.05) is 11.9 Å². The van der Waals surface area contributed by atoms with E-state index in [1.54, 1.807) is 24.3 Å². The summed E-state index contributed by atoms with van der Waals surface area (Å²) in [5.41, 5.74) is 3.06. The van der Waals surface area contributed by atoms with Gasteiger partial charge >= 0.3 is 0 Å². The molecule has 1 atom stereocenters. The molecule has 0 amide bonds. The Hall–Kier alpha value is -1.90. The van der Waals surface area contributed by atoms with E-state index in [0.717, 1.165) is 29.8 Å². The molecular weight excluding hydrogens is 232 g/mol. The molecule has 3 rings (SSSR count). The average molecular weight is 245 g/mol. The van der Waals surface area contributed by atoms with E-state index < -0.39 is 0 Å². The van der Waals surface area contributed by atoms with Gasteiger partial charge in [0, 0.05) is 18.2 Å². The van der Waals surface area contributed by atoms with Gasteiger partial charge in [-0.05, 0) is 47.9 Å². The Balaban J connectivity index is 1.88. The lowest BCUT2D eigenvalue weighted by Gasteiger charge is -2.26. The molecule has 1 aliphatic heterocycles. The molecular formula is C15H13F2N. The third kappa shape index (κ3) is 2.08. The van der Waals surface area contributed by atoms with Crippen LogP contribution in [0.1, 0.15) is 17.0 Å². The zero-order chi connectivity index (χ0) is 12.5. The van der Waals surface area contributed by atoms with E-state index in [-0.39, 0.29) is 17.6 Å². The molecule has 92 valence electrons. The summed E-state index contributed by atoms with van der Waals surface area (Å²) in [5.74, 6) is -0.177. The van der Waals surface area contributed by atoms with Crippen LogP contribution in [0.2, 0.25) is 0 Å². The van der Waals surface area contributed by atoms with E-state index in [2.05, 4.69) is 5.32 Å². The Labute approximate surface area is 104 Å². The molecule has 1 aliphatic rings. The topological polar surface area (TPSA) is 12.0 Å². The van der Waals surface area contributed by atoms with Crippen molar-refractivity contribution in [3.8, 4) is 0 Å². The largest absolute Gasteiger partial charge is 0.384 e. The van der Waals surface area contributed by atoms with Gasteiger partial charge in [0.25, 0.3) is 0 Å². The minimum absolute atomic E-state index is 0.213. The molecule has 2 aromatic carbocycles. The Morgan fingerprint density at radius 3 is 2.44 bits per heavy atom. The van der Waals surface area contributed by atoms with Crippen molar-refractivity contribution in [1.82, 2.24) is 0 Å². The highest BCUT2D eigenvalue weighted by molar-refractivity contribution is 5.54. The van der Waals surface area contributed by atoms with E-state index in [1.807, 2.05) is 0 Å². The highest BCUT2D eigenvalue weighted by Crippen LogP contribution is 2.30. The summed E-state index contributed by atoms with van der Waals surface area (Å²) in [5, 5.41) is 3.29. The van der Waals surface area contributed by atoms with E-state index >= 15 is 0 Å². The quantitative estimate of drug-likeness (QED) is 0.807. The second kappa shape index (κ2) is 4.41. The molecule has 0 radical (unpaired) electrons. The summed E-state index contributed by atoms with van der Waals surface area (Å²) in [7, 11) is 0. The molecule has 1 unspecified atom stereocenters. The van der Waals surface area contributed by atoms with E-state index in [1.165, 1.54) is 18.2 Å². The zero-order valence-electron chi connectivity index (χ0n) is 9.79. The van der Waals surface area contributed by atoms with Crippen LogP contribution in [0.25, 0.3) is 0 Å². The second-order valence-electron chi connectivity index (χ2n) is 4.63. The Morgan fingerprint density at radius 2 is 1.67 bits per heavy atom. The summed E-state index contributed by atoms with van der Waals surface area (Å²) < 4.78 is 26.1. The maximum absolute atomic E-state index is 13.2. The Morgan fingerprint density at radius 1 is 0.944 bits per heavy atom. The van der Waals surface area contributed by atoms with Crippen molar-refractivity contribution in [2.45, 2.75) is 12.3 Å². The molecule has 0 spiro atoms. The van der Waals surface area contributed by atoms with Gasteiger partial charge in [0.2, 0.25) is 0 Å². The van der Waals surface area contributed by atoms with Gasteiger partial charge in [0.1, 0.15) is 11.6 Å². The Kier molecular flexibility index (Phi) is 2.74. The SMILES string of the molecule is Fc1ccc(C2CNc3ccc(F)cc3C2)cc1. The molecule has 0 fully saturated rings. The van der Waals surface area contributed by atoms with Gasteiger partial charge in [-0.1, -0.05) is 12.1 Å². The van der Waals surface area contributed by atoms with Crippen molar-refractivity contribution in [1.29, 1.82) is 0 Å². The molecule has 0 aliphatic carbocycles. The van der Waals surface area contributed by atoms with E-state index in [4.69, 9.17) is 0 Å². The molecule has 1 N–H and O–H groups in total. The fourth-order valence-electron chi connectivity index (χ4n) is 2.45. The van der Waals surface area contributed by atoms with Crippen LogP contribution in [0.4, 0.5) is 14.5 Å². The van der Waals surface area contributed by atoms with Crippen LogP contribution in [0.3, 0.4) is 0 Å². The molecule has 1 nitrogen and oxygen atoms in total. The third-order valence-corrected chi connectivity index (χ3v) is 3.41. The van der Waals surface area contributed by atoms with Crippen molar-refractivity contribution in [3.63, 3.8) is 0 Å². The molecule has 2 aromatic rings. The predicted molar refractivity (Wildman–Crippen MR) is 67.7 cm³/mol. The zero-order valence-corrected chi connectivity index (χ0v) is 9.79. The maximum atomic E-state index is 13.2. The summed E-state index contributed by atoms with van der Waals surface area (Å²) in [4.78, 5) is 0. The predicted octanol–water partition coefficient (Wildman–Crippen LogP) is 3.72. The van der Waals surface area contributed by atoms with Crippen LogP contribution < -0.4 is 5.32 Å². The van der Waals surface area contributed by atoms with Gasteiger partial charge in [-0.25, -0.2) is 8.78 Å². The van der Waals surface area contributed by atoms with Gasteiger partial charge in [-0.15, -0.1) is 0 Å². The van der Waals surface area contributed by atoms with E-state index in [9.17, 15) is 8.78 Å². The minimum Gasteiger partial charge on any atom is -0.384 e. The van der Waals surface area contributed by atoms with Gasteiger partial charge < -0.3 is 5.32 Å². The van der Waals surface area contributed by atoms with Crippen molar-refractivity contribution < 1.29 is 8.78 Å². The van der Waals surface area contributed by atoms with Crippen molar-refractivity contribution in [3.05, 3.63) is 65.2 Å². The third-order valence-electron chi connectivity index (χ3n) is 3.41. The summed E-state index contributed by atoms with van der Waals surface area (Å²) >= 11 is 0. The number of hydrogen-bond donors (Lipinski definition) is 1. The molecule has 18 heavy (non-hydrogen) atoms. The molecule has 3 heteroatoms. The van der Waals surface area contributed by atoms with Crippen molar-refractivity contribution in [2.24, 2.45) is 0 Å². The first-order valence-corrected chi connectivity index (χ1v) is 6.00. The van der Waals surface area contributed by atoms with Crippen LogP contribution in [0.15, 0.2) is 42.5 Å². The van der Waals surface area contributed by atoms with Crippen LogP contribution in [0.5, 0.6) is 0 Å². The first-order chi connectivity index (χ1) is 8.72. The summed E-state index contributed by atoms with van der Waals surface area (Å²) in [6.45, 7) is 0.796. The highest BCUT2D eigenvalue weighted by Gasteiger charge is 2.20. The number of rotatable bonds is 1. The first kappa shape index (κ1) is 11.2.